The van der Waals surface area contributed by atoms with E-state index in [9.17, 15) is 9.90 Å². The first-order valence-electron chi connectivity index (χ1n) is 6.92. The van der Waals surface area contributed by atoms with Gasteiger partial charge in [0.05, 0.1) is 12.5 Å². The van der Waals surface area contributed by atoms with Gasteiger partial charge in [-0.1, -0.05) is 6.07 Å². The highest BCUT2D eigenvalue weighted by atomic mass is 32.1. The summed E-state index contributed by atoms with van der Waals surface area (Å²) in [7, 11) is 0. The van der Waals surface area contributed by atoms with Crippen LogP contribution in [0, 0.1) is 13.8 Å². The normalized spacial score (nSPS) is 15.5. The molecule has 0 aliphatic rings. The number of hydrogen-bond donors (Lipinski definition) is 2. The molecule has 2 aromatic heterocycles. The fraction of sp³-hybridized carbons (Fsp3) is 0.438. The lowest BCUT2D eigenvalue weighted by atomic mass is 9.96. The first kappa shape index (κ1) is 15.8. The zero-order chi connectivity index (χ0) is 15.6. The molecule has 0 radical (unpaired) electrons. The van der Waals surface area contributed by atoms with Crippen LogP contribution < -0.4 is 5.32 Å². The number of amides is 1. The first-order valence-corrected chi connectivity index (χ1v) is 7.80. The van der Waals surface area contributed by atoms with Crippen molar-refractivity contribution in [1.82, 2.24) is 5.32 Å². The standard InChI is InChI=1S/C16H21NO3S/c1-10-8-13(12(3)20-10)16(4,19)9-17-15(18)11(2)14-6-5-7-21-14/h5-8,11,19H,9H2,1-4H3,(H,17,18). The van der Waals surface area contributed by atoms with Crippen molar-refractivity contribution < 1.29 is 14.3 Å². The highest BCUT2D eigenvalue weighted by molar-refractivity contribution is 7.10. The molecule has 2 rings (SSSR count). The third-order valence-corrected chi connectivity index (χ3v) is 4.65. The summed E-state index contributed by atoms with van der Waals surface area (Å²) in [6, 6.07) is 5.68. The van der Waals surface area contributed by atoms with Gasteiger partial charge in [-0.15, -0.1) is 11.3 Å². The SMILES string of the molecule is Cc1cc(C(C)(O)CNC(=O)C(C)c2cccs2)c(C)o1. The van der Waals surface area contributed by atoms with E-state index < -0.39 is 5.60 Å². The summed E-state index contributed by atoms with van der Waals surface area (Å²) in [6.45, 7) is 7.35. The van der Waals surface area contributed by atoms with E-state index in [0.717, 1.165) is 10.6 Å². The first-order chi connectivity index (χ1) is 9.81. The van der Waals surface area contributed by atoms with Crippen molar-refractivity contribution in [3.63, 3.8) is 0 Å². The lowest BCUT2D eigenvalue weighted by Gasteiger charge is -2.24. The average molecular weight is 307 g/mol. The average Bonchev–Trinajstić information content (AvgIpc) is 3.05. The number of rotatable bonds is 5. The van der Waals surface area contributed by atoms with Crippen molar-refractivity contribution in [3.05, 3.63) is 45.5 Å². The van der Waals surface area contributed by atoms with Crippen molar-refractivity contribution in [3.8, 4) is 0 Å². The van der Waals surface area contributed by atoms with Crippen molar-refractivity contribution in [2.24, 2.45) is 0 Å². The molecule has 0 fully saturated rings. The molecular formula is C16H21NO3S. The highest BCUT2D eigenvalue weighted by Crippen LogP contribution is 2.27. The molecule has 2 unspecified atom stereocenters. The minimum Gasteiger partial charge on any atom is -0.466 e. The van der Waals surface area contributed by atoms with Crippen LogP contribution >= 0.6 is 11.3 Å². The van der Waals surface area contributed by atoms with E-state index in [2.05, 4.69) is 5.32 Å². The Labute approximate surface area is 128 Å². The molecule has 0 saturated heterocycles. The van der Waals surface area contributed by atoms with Crippen LogP contribution in [0.25, 0.3) is 0 Å². The molecule has 0 spiro atoms. The van der Waals surface area contributed by atoms with Crippen LogP contribution in [-0.4, -0.2) is 17.6 Å². The van der Waals surface area contributed by atoms with Gasteiger partial charge in [-0.3, -0.25) is 4.79 Å². The van der Waals surface area contributed by atoms with Crippen LogP contribution in [0.3, 0.4) is 0 Å². The van der Waals surface area contributed by atoms with Gasteiger partial charge >= 0.3 is 0 Å². The maximum Gasteiger partial charge on any atom is 0.228 e. The predicted octanol–water partition coefficient (Wildman–Crippen LogP) is 3.09. The van der Waals surface area contributed by atoms with E-state index in [0.29, 0.717) is 11.3 Å². The Bertz CT molecular complexity index is 614. The lowest BCUT2D eigenvalue weighted by Crippen LogP contribution is -2.40. The van der Waals surface area contributed by atoms with Gasteiger partial charge in [-0.25, -0.2) is 0 Å². The molecule has 2 heterocycles. The maximum atomic E-state index is 12.2. The lowest BCUT2D eigenvalue weighted by molar-refractivity contribution is -0.123. The zero-order valence-corrected chi connectivity index (χ0v) is 13.6. The summed E-state index contributed by atoms with van der Waals surface area (Å²) in [5.74, 6) is 1.13. The Hall–Kier alpha value is -1.59. The quantitative estimate of drug-likeness (QED) is 0.892. The van der Waals surface area contributed by atoms with Crippen LogP contribution in [0.4, 0.5) is 0 Å². The summed E-state index contributed by atoms with van der Waals surface area (Å²) in [5.41, 5.74) is -0.434. The van der Waals surface area contributed by atoms with Gasteiger partial charge in [0.1, 0.15) is 17.1 Å². The molecule has 0 aliphatic heterocycles. The van der Waals surface area contributed by atoms with E-state index in [4.69, 9.17) is 4.42 Å². The van der Waals surface area contributed by atoms with Gasteiger partial charge in [-0.05, 0) is 45.2 Å². The van der Waals surface area contributed by atoms with Gasteiger partial charge in [-0.2, -0.15) is 0 Å². The van der Waals surface area contributed by atoms with Crippen molar-refractivity contribution in [1.29, 1.82) is 0 Å². The summed E-state index contributed by atoms with van der Waals surface area (Å²) >= 11 is 1.56. The number of carbonyl (C=O) groups excluding carboxylic acids is 1. The topological polar surface area (TPSA) is 62.5 Å². The summed E-state index contributed by atoms with van der Waals surface area (Å²) < 4.78 is 5.44. The third-order valence-electron chi connectivity index (χ3n) is 3.59. The van der Waals surface area contributed by atoms with E-state index in [1.54, 1.807) is 18.3 Å². The van der Waals surface area contributed by atoms with Gasteiger partial charge in [0.15, 0.2) is 0 Å². The Morgan fingerprint density at radius 1 is 1.52 bits per heavy atom. The third kappa shape index (κ3) is 3.54. The minimum absolute atomic E-state index is 0.0874. The number of thiophene rings is 1. The molecule has 0 bridgehead atoms. The molecule has 4 nitrogen and oxygen atoms in total. The Morgan fingerprint density at radius 3 is 2.76 bits per heavy atom. The second-order valence-electron chi connectivity index (χ2n) is 5.56. The monoisotopic (exact) mass is 307 g/mol. The van der Waals surface area contributed by atoms with E-state index in [-0.39, 0.29) is 18.4 Å². The van der Waals surface area contributed by atoms with Crippen LogP contribution in [0.2, 0.25) is 0 Å². The van der Waals surface area contributed by atoms with Crippen molar-refractivity contribution >= 4 is 17.2 Å². The molecule has 0 aliphatic carbocycles. The van der Waals surface area contributed by atoms with Crippen LogP contribution in [-0.2, 0) is 10.4 Å². The molecule has 21 heavy (non-hydrogen) atoms. The van der Waals surface area contributed by atoms with Gasteiger partial charge in [0.25, 0.3) is 0 Å². The molecule has 2 atom stereocenters. The molecule has 2 N–H and O–H groups in total. The minimum atomic E-state index is -1.15. The Morgan fingerprint density at radius 2 is 2.24 bits per heavy atom. The van der Waals surface area contributed by atoms with Crippen LogP contribution in [0.15, 0.2) is 28.0 Å². The van der Waals surface area contributed by atoms with Gasteiger partial charge in [0.2, 0.25) is 5.91 Å². The molecule has 5 heteroatoms. The largest absolute Gasteiger partial charge is 0.466 e. The summed E-state index contributed by atoms with van der Waals surface area (Å²) in [5, 5.41) is 15.3. The second-order valence-corrected chi connectivity index (χ2v) is 6.53. The fourth-order valence-corrected chi connectivity index (χ4v) is 3.12. The predicted molar refractivity (Wildman–Crippen MR) is 83.5 cm³/mol. The number of furan rings is 1. The molecule has 114 valence electrons. The van der Waals surface area contributed by atoms with Gasteiger partial charge in [0, 0.05) is 10.4 Å². The number of nitrogens with one attached hydrogen (secondary N) is 1. The van der Waals surface area contributed by atoms with Crippen LogP contribution in [0.5, 0.6) is 0 Å². The molecule has 0 saturated carbocycles. The summed E-state index contributed by atoms with van der Waals surface area (Å²) in [4.78, 5) is 13.2. The molecule has 0 aromatic carbocycles. The smallest absolute Gasteiger partial charge is 0.228 e. The number of hydrogen-bond acceptors (Lipinski definition) is 4. The molecular weight excluding hydrogens is 286 g/mol. The Balaban J connectivity index is 2.01. The van der Waals surface area contributed by atoms with E-state index >= 15 is 0 Å². The molecule has 1 amide bonds. The number of aryl methyl sites for hydroxylation is 2. The fourth-order valence-electron chi connectivity index (χ4n) is 2.34. The second kappa shape index (κ2) is 6.03. The van der Waals surface area contributed by atoms with E-state index in [1.165, 1.54) is 0 Å². The van der Waals surface area contributed by atoms with Crippen molar-refractivity contribution in [2.45, 2.75) is 39.2 Å². The van der Waals surface area contributed by atoms with Crippen LogP contribution in [0.1, 0.15) is 41.7 Å². The maximum absolute atomic E-state index is 12.2. The number of carbonyl (C=O) groups is 1. The zero-order valence-electron chi connectivity index (χ0n) is 12.8. The Kier molecular flexibility index (Phi) is 4.54. The highest BCUT2D eigenvalue weighted by Gasteiger charge is 2.29. The number of aliphatic hydroxyl groups is 1. The van der Waals surface area contributed by atoms with Gasteiger partial charge < -0.3 is 14.8 Å². The van der Waals surface area contributed by atoms with E-state index in [1.807, 2.05) is 44.4 Å². The molecule has 2 aromatic rings. The van der Waals surface area contributed by atoms with Crippen molar-refractivity contribution in [2.75, 3.05) is 6.54 Å². The summed E-state index contributed by atoms with van der Waals surface area (Å²) in [6.07, 6.45) is 0.